The molecule has 11 aromatic rings. The third-order valence-corrected chi connectivity index (χ3v) is 14.9. The molecule has 2 aliphatic carbocycles. The van der Waals surface area contributed by atoms with Crippen molar-refractivity contribution in [3.8, 4) is 67.5 Å². The summed E-state index contributed by atoms with van der Waals surface area (Å²) in [5.74, 6) is 2.78. The zero-order valence-electron chi connectivity index (χ0n) is 35.0. The summed E-state index contributed by atoms with van der Waals surface area (Å²) in [6.07, 6.45) is 0. The maximum Gasteiger partial charge on any atom is 0.172 e. The molecule has 1 aliphatic heterocycles. The summed E-state index contributed by atoms with van der Waals surface area (Å²) in [5.41, 5.74) is 17.4. The Balaban J connectivity index is 0.858. The van der Waals surface area contributed by atoms with Crippen molar-refractivity contribution in [2.45, 2.75) is 5.41 Å². The highest BCUT2D eigenvalue weighted by Crippen LogP contribution is 2.64. The Morgan fingerprint density at radius 1 is 0.308 bits per heavy atom. The molecule has 0 atom stereocenters. The Bertz CT molecular complexity index is 3670. The smallest absolute Gasteiger partial charge is 0.172 e. The van der Waals surface area contributed by atoms with Crippen LogP contribution in [0.4, 0.5) is 17.1 Å². The molecule has 0 amide bonds. The topological polar surface area (TPSA) is 21.7 Å². The van der Waals surface area contributed by atoms with Crippen LogP contribution in [0.15, 0.2) is 224 Å². The highest BCUT2D eigenvalue weighted by molar-refractivity contribution is 7.25. The van der Waals surface area contributed by atoms with Crippen LogP contribution in [0.5, 0.6) is 23.0 Å². The molecule has 0 radical (unpaired) electrons. The van der Waals surface area contributed by atoms with E-state index in [0.29, 0.717) is 17.2 Å². The first-order chi connectivity index (χ1) is 32.2. The fraction of sp³-hybridized carbons (Fsp3) is 0.0164. The second-order valence-electron chi connectivity index (χ2n) is 17.2. The standard InChI is InChI=1S/C61H37NO2S/c1-2-12-38(13-3-1)39-22-27-42(28-23-39)62(43-29-24-40(25-30-43)41-26-32-49-48-17-7-11-21-59(48)65-60(49)34-41)44-31-33-55-56(35-44)64-57-36-50-47-16-6-10-20-53(47)61(54(50)37-58(57)63-55)51-18-8-4-14-45(51)46-15-5-9-19-52(46)61/h1-37H. The van der Waals surface area contributed by atoms with Crippen LogP contribution < -0.4 is 14.4 Å². The van der Waals surface area contributed by atoms with Crippen molar-refractivity contribution in [3.63, 3.8) is 0 Å². The number of hydrogen-bond acceptors (Lipinski definition) is 4. The Hall–Kier alpha value is -8.18. The molecule has 1 aromatic heterocycles. The van der Waals surface area contributed by atoms with Crippen molar-refractivity contribution in [1.82, 2.24) is 0 Å². The van der Waals surface area contributed by atoms with Gasteiger partial charge in [0.15, 0.2) is 23.0 Å². The molecule has 1 spiro atoms. The molecule has 4 heteroatoms. The summed E-state index contributed by atoms with van der Waals surface area (Å²) in [6, 6.07) is 81.1. The normalized spacial score (nSPS) is 13.3. The predicted molar refractivity (Wildman–Crippen MR) is 268 cm³/mol. The Morgan fingerprint density at radius 3 is 1.49 bits per heavy atom. The number of benzene rings is 10. The molecule has 2 heterocycles. The molecule has 3 nitrogen and oxygen atoms in total. The largest absolute Gasteiger partial charge is 0.449 e. The number of fused-ring (bicyclic) bond motifs is 15. The lowest BCUT2D eigenvalue weighted by Crippen LogP contribution is -2.25. The van der Waals surface area contributed by atoms with E-state index in [1.54, 1.807) is 0 Å². The van der Waals surface area contributed by atoms with Crippen LogP contribution in [0, 0.1) is 0 Å². The number of rotatable bonds is 5. The molecule has 14 rings (SSSR count). The first-order valence-corrected chi connectivity index (χ1v) is 23.0. The molecular formula is C61H37NO2S. The molecule has 304 valence electrons. The van der Waals surface area contributed by atoms with Crippen LogP contribution >= 0.6 is 11.3 Å². The first kappa shape index (κ1) is 36.3. The van der Waals surface area contributed by atoms with Gasteiger partial charge in [-0.3, -0.25) is 0 Å². The number of ether oxygens (including phenoxy) is 2. The Kier molecular flexibility index (Phi) is 7.77. The fourth-order valence-corrected chi connectivity index (χ4v) is 12.0. The van der Waals surface area contributed by atoms with Gasteiger partial charge in [0.2, 0.25) is 0 Å². The fourth-order valence-electron chi connectivity index (χ4n) is 10.9. The van der Waals surface area contributed by atoms with E-state index in [1.807, 2.05) is 17.4 Å². The zero-order chi connectivity index (χ0) is 42.6. The van der Waals surface area contributed by atoms with Gasteiger partial charge in [-0.1, -0.05) is 158 Å². The van der Waals surface area contributed by atoms with E-state index in [2.05, 4.69) is 223 Å². The van der Waals surface area contributed by atoms with Gasteiger partial charge >= 0.3 is 0 Å². The van der Waals surface area contributed by atoms with E-state index in [-0.39, 0.29) is 0 Å². The summed E-state index contributed by atoms with van der Waals surface area (Å²) >= 11 is 1.85. The molecule has 65 heavy (non-hydrogen) atoms. The monoisotopic (exact) mass is 847 g/mol. The van der Waals surface area contributed by atoms with Gasteiger partial charge in [0, 0.05) is 37.6 Å². The second kappa shape index (κ2) is 13.9. The quantitative estimate of drug-likeness (QED) is 0.172. The van der Waals surface area contributed by atoms with Crippen LogP contribution in [-0.4, -0.2) is 0 Å². The minimum absolute atomic E-state index is 0.459. The third-order valence-electron chi connectivity index (χ3n) is 13.8. The average Bonchev–Trinajstić information content (AvgIpc) is 3.99. The van der Waals surface area contributed by atoms with Crippen molar-refractivity contribution >= 4 is 48.6 Å². The lowest BCUT2D eigenvalue weighted by atomic mass is 9.70. The maximum absolute atomic E-state index is 6.93. The van der Waals surface area contributed by atoms with Gasteiger partial charge in [-0.15, -0.1) is 11.3 Å². The minimum Gasteiger partial charge on any atom is -0.449 e. The SMILES string of the molecule is c1ccc(-c2ccc(N(c3ccc(-c4ccc5c(c4)sc4ccccc45)cc3)c3ccc4c(c3)Oc3cc5c(cc3O4)C3(c4ccccc4-c4ccccc43)c3ccccc3-5)cc2)cc1. The molecule has 0 fully saturated rings. The summed E-state index contributed by atoms with van der Waals surface area (Å²) in [7, 11) is 0. The second-order valence-corrected chi connectivity index (χ2v) is 18.3. The Morgan fingerprint density at radius 2 is 0.800 bits per heavy atom. The van der Waals surface area contributed by atoms with Crippen LogP contribution in [0.25, 0.3) is 64.7 Å². The van der Waals surface area contributed by atoms with Gasteiger partial charge in [-0.05, 0) is 127 Å². The van der Waals surface area contributed by atoms with Gasteiger partial charge in [-0.25, -0.2) is 0 Å². The number of nitrogens with zero attached hydrogens (tertiary/aromatic N) is 1. The van der Waals surface area contributed by atoms with Crippen LogP contribution in [0.1, 0.15) is 22.3 Å². The summed E-state index contributed by atoms with van der Waals surface area (Å²) in [5, 5.41) is 2.62. The van der Waals surface area contributed by atoms with Gasteiger partial charge in [0.25, 0.3) is 0 Å². The lowest BCUT2D eigenvalue weighted by Gasteiger charge is -2.31. The van der Waals surface area contributed by atoms with Gasteiger partial charge in [0.05, 0.1) is 11.1 Å². The zero-order valence-corrected chi connectivity index (χ0v) is 35.9. The van der Waals surface area contributed by atoms with Crippen LogP contribution in [0.2, 0.25) is 0 Å². The number of thiophene rings is 1. The molecule has 0 saturated carbocycles. The minimum atomic E-state index is -0.459. The van der Waals surface area contributed by atoms with Crippen molar-refractivity contribution < 1.29 is 9.47 Å². The van der Waals surface area contributed by atoms with Crippen molar-refractivity contribution in [3.05, 3.63) is 247 Å². The van der Waals surface area contributed by atoms with Crippen molar-refractivity contribution in [2.75, 3.05) is 4.90 Å². The maximum atomic E-state index is 6.93. The predicted octanol–water partition coefficient (Wildman–Crippen LogP) is 17.1. The highest BCUT2D eigenvalue weighted by Gasteiger charge is 2.52. The molecule has 3 aliphatic rings. The van der Waals surface area contributed by atoms with E-state index in [9.17, 15) is 0 Å². The number of anilines is 3. The summed E-state index contributed by atoms with van der Waals surface area (Å²) < 4.78 is 16.4. The third kappa shape index (κ3) is 5.35. The van der Waals surface area contributed by atoms with E-state index >= 15 is 0 Å². The lowest BCUT2D eigenvalue weighted by molar-refractivity contribution is 0.359. The molecule has 0 saturated heterocycles. The van der Waals surface area contributed by atoms with Crippen molar-refractivity contribution in [2.24, 2.45) is 0 Å². The van der Waals surface area contributed by atoms with E-state index in [4.69, 9.17) is 9.47 Å². The van der Waals surface area contributed by atoms with Crippen molar-refractivity contribution in [1.29, 1.82) is 0 Å². The molecular weight excluding hydrogens is 811 g/mol. The van der Waals surface area contributed by atoms with E-state index in [0.717, 1.165) is 22.8 Å². The van der Waals surface area contributed by atoms with Gasteiger partial charge in [0.1, 0.15) is 0 Å². The molecule has 0 bridgehead atoms. The molecule has 10 aromatic carbocycles. The van der Waals surface area contributed by atoms with Crippen LogP contribution in [0.3, 0.4) is 0 Å². The van der Waals surface area contributed by atoms with E-state index < -0.39 is 5.41 Å². The van der Waals surface area contributed by atoms with Gasteiger partial charge in [-0.2, -0.15) is 0 Å². The first-order valence-electron chi connectivity index (χ1n) is 22.1. The van der Waals surface area contributed by atoms with E-state index in [1.165, 1.54) is 86.9 Å². The van der Waals surface area contributed by atoms with Gasteiger partial charge < -0.3 is 14.4 Å². The Labute approximate surface area is 380 Å². The number of hydrogen-bond donors (Lipinski definition) is 0. The molecule has 0 N–H and O–H groups in total. The summed E-state index contributed by atoms with van der Waals surface area (Å²) in [4.78, 5) is 2.30. The van der Waals surface area contributed by atoms with Crippen LogP contribution in [-0.2, 0) is 5.41 Å². The molecule has 0 unspecified atom stereocenters. The highest BCUT2D eigenvalue weighted by atomic mass is 32.1. The average molecular weight is 848 g/mol. The summed E-state index contributed by atoms with van der Waals surface area (Å²) in [6.45, 7) is 0.